The molecule has 0 radical (unpaired) electrons. The van der Waals surface area contributed by atoms with Gasteiger partial charge >= 0.3 is 308 Å². The molecule has 260 valence electrons. The van der Waals surface area contributed by atoms with E-state index in [-0.39, 0.29) is 35.6 Å². The van der Waals surface area contributed by atoms with Crippen LogP contribution >= 0.6 is 0 Å². The smallest absolute Gasteiger partial charge is 1.00 e. The zero-order valence-electron chi connectivity index (χ0n) is 31.0. The molecule has 0 heterocycles. The summed E-state index contributed by atoms with van der Waals surface area (Å²) in [6.45, 7) is 14.2. The van der Waals surface area contributed by atoms with Crippen LogP contribution in [0.3, 0.4) is 0 Å². The molecule has 0 aromatic heterocycles. The predicted octanol–water partition coefficient (Wildman–Crippen LogP) is 7.16. The van der Waals surface area contributed by atoms with E-state index in [9.17, 15) is 0 Å². The molecule has 6 aromatic rings. The van der Waals surface area contributed by atoms with Crippen molar-refractivity contribution in [1.29, 1.82) is 0 Å². The third-order valence-corrected chi connectivity index (χ3v) is 18.0. The summed E-state index contributed by atoms with van der Waals surface area (Å²) in [4.78, 5) is 0. The Kier molecular flexibility index (Phi) is 11.0. The Bertz CT molecular complexity index is 2240. The summed E-state index contributed by atoms with van der Waals surface area (Å²) in [5.74, 6) is 0. The summed E-state index contributed by atoms with van der Waals surface area (Å²) in [5.41, 5.74) is 15.5. The van der Waals surface area contributed by atoms with E-state index in [1.54, 1.807) is 3.28 Å². The van der Waals surface area contributed by atoms with Gasteiger partial charge in [-0.05, 0) is 0 Å². The second kappa shape index (κ2) is 15.0. The van der Waals surface area contributed by atoms with Crippen LogP contribution in [0.25, 0.3) is 44.2 Å². The minimum absolute atomic E-state index is 0. The van der Waals surface area contributed by atoms with Crippen molar-refractivity contribution in [3.8, 4) is 33.4 Å². The molecule has 0 saturated heterocycles. The molecule has 0 atom stereocenters. The first kappa shape index (κ1) is 38.1. The minimum atomic E-state index is -2.65. The Hall–Kier alpha value is -3.61. The zero-order chi connectivity index (χ0) is 34.6. The second-order valence-electron chi connectivity index (χ2n) is 16.1. The SMILES string of the molecule is CC(C)(C)c1cc2c(cc1-c1ccccc1)[CH](/[Zr+2](=[CH]/c1cccc3ccccc13)[C]1=CC=CC1)c1cc(-c3ccccc3)c(C(C)(C)C)cc1-2.[Cl-].[Cl-]. The van der Waals surface area contributed by atoms with Gasteiger partial charge in [-0.15, -0.1) is 0 Å². The topological polar surface area (TPSA) is 0 Å². The molecule has 0 nitrogen and oxygen atoms in total. The van der Waals surface area contributed by atoms with E-state index < -0.39 is 21.3 Å². The second-order valence-corrected chi connectivity index (χ2v) is 22.1. The molecule has 52 heavy (non-hydrogen) atoms. The Morgan fingerprint density at radius 2 is 1.06 bits per heavy atom. The van der Waals surface area contributed by atoms with Crippen LogP contribution in [0.5, 0.6) is 0 Å². The number of benzene rings is 6. The van der Waals surface area contributed by atoms with Crippen molar-refractivity contribution < 1.29 is 46.1 Å². The first-order valence-electron chi connectivity index (χ1n) is 18.1. The molecule has 0 unspecified atom stereocenters. The molecule has 3 heteroatoms. The third-order valence-electron chi connectivity index (χ3n) is 10.7. The van der Waals surface area contributed by atoms with Crippen molar-refractivity contribution in [2.75, 3.05) is 0 Å². The molecule has 2 aliphatic carbocycles. The van der Waals surface area contributed by atoms with E-state index in [0.29, 0.717) is 3.63 Å². The van der Waals surface area contributed by atoms with Crippen LogP contribution in [-0.4, -0.2) is 3.71 Å². The van der Waals surface area contributed by atoms with Crippen LogP contribution in [0, 0.1) is 0 Å². The van der Waals surface area contributed by atoms with Crippen molar-refractivity contribution >= 4 is 14.5 Å². The zero-order valence-corrected chi connectivity index (χ0v) is 34.9. The molecule has 0 saturated carbocycles. The van der Waals surface area contributed by atoms with Gasteiger partial charge in [0, 0.05) is 0 Å². The molecule has 0 bridgehead atoms. The fraction of sp³-hybridized carbons (Fsp3) is 0.204. The summed E-state index contributed by atoms with van der Waals surface area (Å²) in [5, 5.41) is 2.68. The van der Waals surface area contributed by atoms with E-state index >= 15 is 0 Å². The van der Waals surface area contributed by atoms with Gasteiger partial charge in [0.15, 0.2) is 0 Å². The maximum absolute atomic E-state index is 2.78. The van der Waals surface area contributed by atoms with Gasteiger partial charge in [-0.1, -0.05) is 0 Å². The predicted molar refractivity (Wildman–Crippen MR) is 213 cm³/mol. The van der Waals surface area contributed by atoms with Crippen LogP contribution < -0.4 is 24.8 Å². The molecule has 2 aliphatic rings. The summed E-state index contributed by atoms with van der Waals surface area (Å²) in [6, 6.07) is 48.4. The Labute approximate surface area is 330 Å². The van der Waals surface area contributed by atoms with Gasteiger partial charge in [-0.3, -0.25) is 0 Å². The average molecular weight is 797 g/mol. The fourth-order valence-corrected chi connectivity index (χ4v) is 15.8. The summed E-state index contributed by atoms with van der Waals surface area (Å²) >= 11 is -2.65. The summed E-state index contributed by atoms with van der Waals surface area (Å²) in [6.07, 6.45) is 8.21. The van der Waals surface area contributed by atoms with Crippen molar-refractivity contribution in [1.82, 2.24) is 0 Å². The van der Waals surface area contributed by atoms with E-state index in [4.69, 9.17) is 0 Å². The standard InChI is InChI=1S/C33H33.C11H8.C5H5.2ClH.Zr/c1-32(2,3)30-20-26-24(18-28(30)22-13-9-7-10-14-22)17-25-19-29(23-15-11-8-12-16-23)31(21-27(25)26)33(4,5)6;1-9-5-4-7-10-6-2-3-8-11(9)10;1-2-4-5-3-1;;;/h7-21H,1-6H3;1-8H;1-3H,4H2;2*1H;/q;;;;;+2/p-2. The number of fused-ring (bicyclic) bond motifs is 4. The van der Waals surface area contributed by atoms with E-state index in [0.717, 1.165) is 6.42 Å². The first-order chi connectivity index (χ1) is 24.1. The Balaban J connectivity index is 0.00000232. The van der Waals surface area contributed by atoms with Gasteiger partial charge in [-0.25, -0.2) is 0 Å². The van der Waals surface area contributed by atoms with Crippen molar-refractivity contribution in [2.24, 2.45) is 0 Å². The summed E-state index contributed by atoms with van der Waals surface area (Å²) in [7, 11) is 0. The molecule has 0 amide bonds. The molecule has 0 spiro atoms. The van der Waals surface area contributed by atoms with Crippen LogP contribution in [0.15, 0.2) is 149 Å². The van der Waals surface area contributed by atoms with Gasteiger partial charge in [0.05, 0.1) is 0 Å². The van der Waals surface area contributed by atoms with Crippen molar-refractivity contribution in [2.45, 2.75) is 62.4 Å². The first-order valence-corrected chi connectivity index (χ1v) is 22.2. The van der Waals surface area contributed by atoms with Crippen molar-refractivity contribution in [3.05, 3.63) is 177 Å². The van der Waals surface area contributed by atoms with Gasteiger partial charge in [0.1, 0.15) is 0 Å². The van der Waals surface area contributed by atoms with Crippen LogP contribution in [-0.2, 0) is 32.1 Å². The van der Waals surface area contributed by atoms with Crippen LogP contribution in [0.1, 0.15) is 79.4 Å². The maximum Gasteiger partial charge on any atom is -1.00 e. The van der Waals surface area contributed by atoms with E-state index in [2.05, 4.69) is 191 Å². The van der Waals surface area contributed by atoms with E-state index in [1.165, 1.54) is 72.0 Å². The normalized spacial score (nSPS) is 13.7. The van der Waals surface area contributed by atoms with Gasteiger partial charge in [-0.2, -0.15) is 0 Å². The number of rotatable bonds is 5. The summed E-state index contributed by atoms with van der Waals surface area (Å²) < 4.78 is 4.82. The van der Waals surface area contributed by atoms with Gasteiger partial charge in [0.25, 0.3) is 0 Å². The molecule has 8 rings (SSSR count). The molecule has 6 aromatic carbocycles. The number of allylic oxidation sites excluding steroid dienone is 4. The maximum atomic E-state index is 2.78. The van der Waals surface area contributed by atoms with E-state index in [1.807, 2.05) is 0 Å². The molecular weight excluding hydrogens is 751 g/mol. The molecular formula is C49H46Cl2Zr. The minimum Gasteiger partial charge on any atom is -1.00 e. The number of hydrogen-bond acceptors (Lipinski definition) is 0. The Morgan fingerprint density at radius 1 is 0.558 bits per heavy atom. The monoisotopic (exact) mass is 794 g/mol. The average Bonchev–Trinajstić information content (AvgIpc) is 3.76. The number of halogens is 2. The van der Waals surface area contributed by atoms with Gasteiger partial charge < -0.3 is 24.8 Å². The van der Waals surface area contributed by atoms with Crippen molar-refractivity contribution in [3.63, 3.8) is 0 Å². The third kappa shape index (κ3) is 7.06. The van der Waals surface area contributed by atoms with Crippen LogP contribution in [0.2, 0.25) is 0 Å². The number of hydrogen-bond donors (Lipinski definition) is 0. The largest absolute Gasteiger partial charge is 1.00 e. The van der Waals surface area contributed by atoms with Gasteiger partial charge in [0.2, 0.25) is 0 Å². The Morgan fingerprint density at radius 3 is 1.56 bits per heavy atom. The molecule has 0 N–H and O–H groups in total. The fourth-order valence-electron chi connectivity index (χ4n) is 8.20. The van der Waals surface area contributed by atoms with Crippen LogP contribution in [0.4, 0.5) is 0 Å². The molecule has 0 aliphatic heterocycles. The molecule has 0 fully saturated rings. The quantitative estimate of drug-likeness (QED) is 0.174.